The number of nitro groups is 1. The van der Waals surface area contributed by atoms with Crippen LogP contribution < -0.4 is 5.32 Å². The molecule has 1 amide bonds. The van der Waals surface area contributed by atoms with Gasteiger partial charge in [-0.25, -0.2) is 9.07 Å². The summed E-state index contributed by atoms with van der Waals surface area (Å²) in [5, 5.41) is 17.8. The van der Waals surface area contributed by atoms with Crippen LogP contribution >= 0.6 is 0 Å². The van der Waals surface area contributed by atoms with Gasteiger partial charge in [0.25, 0.3) is 5.69 Å². The molecular weight excluding hydrogens is 399 g/mol. The van der Waals surface area contributed by atoms with Gasteiger partial charge in [0.1, 0.15) is 11.4 Å². The lowest BCUT2D eigenvalue weighted by Crippen LogP contribution is -2.16. The van der Waals surface area contributed by atoms with Gasteiger partial charge in [-0.1, -0.05) is 54.6 Å². The standard InChI is InChI=1S/C23H17FN4O3/c24-19-14-22(28(30)31)20(15-21(19)27-12-4-11-25-27)26-23(29)13-16-7-9-18(10-8-16)17-5-2-1-3-6-17/h1-12,14-15H,13H2,(H,26,29). The van der Waals surface area contributed by atoms with Crippen molar-refractivity contribution in [3.05, 3.63) is 107 Å². The quantitative estimate of drug-likeness (QED) is 0.362. The fraction of sp³-hybridized carbons (Fsp3) is 0.0435. The summed E-state index contributed by atoms with van der Waals surface area (Å²) in [6, 6.07) is 20.9. The van der Waals surface area contributed by atoms with Crippen LogP contribution in [0, 0.1) is 15.9 Å². The number of carbonyl (C=O) groups is 1. The Morgan fingerprint density at radius 2 is 1.74 bits per heavy atom. The van der Waals surface area contributed by atoms with Gasteiger partial charge in [0.2, 0.25) is 5.91 Å². The van der Waals surface area contributed by atoms with Gasteiger partial charge >= 0.3 is 0 Å². The Kier molecular flexibility index (Phi) is 5.53. The minimum Gasteiger partial charge on any atom is -0.320 e. The van der Waals surface area contributed by atoms with Crippen molar-refractivity contribution in [1.82, 2.24) is 9.78 Å². The van der Waals surface area contributed by atoms with Crippen molar-refractivity contribution < 1.29 is 14.1 Å². The predicted octanol–water partition coefficient (Wildman–Crippen LogP) is 4.77. The molecule has 154 valence electrons. The second kappa shape index (κ2) is 8.58. The molecule has 0 spiro atoms. The van der Waals surface area contributed by atoms with Crippen molar-refractivity contribution in [2.24, 2.45) is 0 Å². The summed E-state index contributed by atoms with van der Waals surface area (Å²) in [4.78, 5) is 23.2. The van der Waals surface area contributed by atoms with Crippen LogP contribution in [0.2, 0.25) is 0 Å². The molecule has 0 fully saturated rings. The highest BCUT2D eigenvalue weighted by atomic mass is 19.1. The Balaban J connectivity index is 1.54. The first-order valence-electron chi connectivity index (χ1n) is 9.43. The number of amides is 1. The van der Waals surface area contributed by atoms with E-state index in [0.29, 0.717) is 0 Å². The molecule has 0 aliphatic rings. The van der Waals surface area contributed by atoms with Crippen molar-refractivity contribution in [1.29, 1.82) is 0 Å². The maximum atomic E-state index is 14.3. The molecule has 1 N–H and O–H groups in total. The summed E-state index contributed by atoms with van der Waals surface area (Å²) in [6.45, 7) is 0. The molecule has 8 heteroatoms. The van der Waals surface area contributed by atoms with Gasteiger partial charge < -0.3 is 5.32 Å². The minimum absolute atomic E-state index is 0.00175. The van der Waals surface area contributed by atoms with E-state index in [4.69, 9.17) is 0 Å². The van der Waals surface area contributed by atoms with Crippen molar-refractivity contribution >= 4 is 17.3 Å². The molecule has 0 saturated heterocycles. The lowest BCUT2D eigenvalue weighted by Gasteiger charge is -2.10. The molecule has 0 saturated carbocycles. The summed E-state index contributed by atoms with van der Waals surface area (Å²) in [7, 11) is 0. The van der Waals surface area contributed by atoms with E-state index in [1.54, 1.807) is 6.07 Å². The van der Waals surface area contributed by atoms with Crippen molar-refractivity contribution in [3.8, 4) is 16.8 Å². The first-order valence-corrected chi connectivity index (χ1v) is 9.43. The van der Waals surface area contributed by atoms with E-state index in [2.05, 4.69) is 10.4 Å². The molecule has 4 aromatic rings. The molecule has 1 aromatic heterocycles. The Hall–Kier alpha value is -4.33. The third-order valence-electron chi connectivity index (χ3n) is 4.71. The average molecular weight is 416 g/mol. The fourth-order valence-electron chi connectivity index (χ4n) is 3.21. The number of carbonyl (C=O) groups excluding carboxylic acids is 1. The zero-order valence-corrected chi connectivity index (χ0v) is 16.2. The Bertz CT molecular complexity index is 1220. The molecule has 0 aliphatic heterocycles. The number of hydrogen-bond donors (Lipinski definition) is 1. The van der Waals surface area contributed by atoms with Crippen LogP contribution in [0.4, 0.5) is 15.8 Å². The number of hydrogen-bond acceptors (Lipinski definition) is 4. The zero-order chi connectivity index (χ0) is 21.8. The van der Waals surface area contributed by atoms with E-state index < -0.39 is 22.3 Å². The predicted molar refractivity (Wildman–Crippen MR) is 114 cm³/mol. The van der Waals surface area contributed by atoms with Crippen LogP contribution in [-0.2, 0) is 11.2 Å². The van der Waals surface area contributed by atoms with E-state index >= 15 is 0 Å². The molecule has 4 rings (SSSR count). The summed E-state index contributed by atoms with van der Waals surface area (Å²) >= 11 is 0. The Labute approximate surface area is 176 Å². The highest BCUT2D eigenvalue weighted by Gasteiger charge is 2.21. The topological polar surface area (TPSA) is 90.1 Å². The minimum atomic E-state index is -0.815. The van der Waals surface area contributed by atoms with Crippen molar-refractivity contribution in [2.75, 3.05) is 5.32 Å². The number of nitrogens with one attached hydrogen (secondary N) is 1. The lowest BCUT2D eigenvalue weighted by atomic mass is 10.0. The first kappa shape index (κ1) is 20.0. The Morgan fingerprint density at radius 3 is 2.39 bits per heavy atom. The number of nitrogens with zero attached hydrogens (tertiary/aromatic N) is 3. The van der Waals surface area contributed by atoms with Gasteiger partial charge in [-0.05, 0) is 28.8 Å². The van der Waals surface area contributed by atoms with Crippen LogP contribution in [0.3, 0.4) is 0 Å². The summed E-state index contributed by atoms with van der Waals surface area (Å²) in [6.07, 6.45) is 2.98. The van der Waals surface area contributed by atoms with Gasteiger partial charge in [-0.2, -0.15) is 5.10 Å². The van der Waals surface area contributed by atoms with Crippen LogP contribution in [0.25, 0.3) is 16.8 Å². The SMILES string of the molecule is O=C(Cc1ccc(-c2ccccc2)cc1)Nc1cc(-n2cccn2)c(F)cc1[N+](=O)[O-]. The molecule has 0 unspecified atom stereocenters. The van der Waals surface area contributed by atoms with Gasteiger partial charge in [0.05, 0.1) is 17.4 Å². The molecule has 0 aliphatic carbocycles. The van der Waals surface area contributed by atoms with Gasteiger partial charge in [-0.15, -0.1) is 0 Å². The van der Waals surface area contributed by atoms with E-state index in [0.717, 1.165) is 22.8 Å². The second-order valence-electron chi connectivity index (χ2n) is 6.82. The van der Waals surface area contributed by atoms with Crippen LogP contribution in [0.5, 0.6) is 0 Å². The van der Waals surface area contributed by atoms with Crippen molar-refractivity contribution in [3.63, 3.8) is 0 Å². The highest BCUT2D eigenvalue weighted by molar-refractivity contribution is 5.95. The van der Waals surface area contributed by atoms with E-state index in [-0.39, 0.29) is 17.8 Å². The van der Waals surface area contributed by atoms with E-state index in [9.17, 15) is 19.3 Å². The number of rotatable bonds is 6. The molecule has 0 bridgehead atoms. The number of nitro benzene ring substituents is 1. The maximum Gasteiger partial charge on any atom is 0.295 e. The van der Waals surface area contributed by atoms with E-state index in [1.165, 1.54) is 23.1 Å². The van der Waals surface area contributed by atoms with Crippen LogP contribution in [0.15, 0.2) is 85.2 Å². The summed E-state index contributed by atoms with van der Waals surface area (Å²) in [5.41, 5.74) is 2.20. The fourth-order valence-corrected chi connectivity index (χ4v) is 3.21. The zero-order valence-electron chi connectivity index (χ0n) is 16.2. The maximum absolute atomic E-state index is 14.3. The molecule has 3 aromatic carbocycles. The smallest absolute Gasteiger partial charge is 0.295 e. The van der Waals surface area contributed by atoms with E-state index in [1.807, 2.05) is 54.6 Å². The summed E-state index contributed by atoms with van der Waals surface area (Å²) in [5.74, 6) is -1.27. The number of anilines is 1. The lowest BCUT2D eigenvalue weighted by molar-refractivity contribution is -0.384. The Morgan fingerprint density at radius 1 is 1.03 bits per heavy atom. The largest absolute Gasteiger partial charge is 0.320 e. The number of benzene rings is 3. The third kappa shape index (κ3) is 4.48. The molecule has 0 atom stereocenters. The highest BCUT2D eigenvalue weighted by Crippen LogP contribution is 2.30. The van der Waals surface area contributed by atoms with Gasteiger partial charge in [0, 0.05) is 12.4 Å². The molecular formula is C23H17FN4O3. The third-order valence-corrected chi connectivity index (χ3v) is 4.71. The number of halogens is 1. The normalized spacial score (nSPS) is 10.6. The molecule has 0 radical (unpaired) electrons. The summed E-state index contributed by atoms with van der Waals surface area (Å²) < 4.78 is 15.6. The van der Waals surface area contributed by atoms with Crippen LogP contribution in [-0.4, -0.2) is 20.6 Å². The second-order valence-corrected chi connectivity index (χ2v) is 6.82. The number of aromatic nitrogens is 2. The van der Waals surface area contributed by atoms with Gasteiger partial charge in [-0.3, -0.25) is 14.9 Å². The monoisotopic (exact) mass is 416 g/mol. The molecule has 1 heterocycles. The molecule has 7 nitrogen and oxygen atoms in total. The van der Waals surface area contributed by atoms with Gasteiger partial charge in [0.15, 0.2) is 5.82 Å². The molecule has 31 heavy (non-hydrogen) atoms. The van der Waals surface area contributed by atoms with Crippen molar-refractivity contribution in [2.45, 2.75) is 6.42 Å². The first-order chi connectivity index (χ1) is 15.0. The average Bonchev–Trinajstić information content (AvgIpc) is 3.30. The van der Waals surface area contributed by atoms with Crippen LogP contribution in [0.1, 0.15) is 5.56 Å².